The highest BCUT2D eigenvalue weighted by Gasteiger charge is 2.12. The summed E-state index contributed by atoms with van der Waals surface area (Å²) in [4.78, 5) is 4.39. The van der Waals surface area contributed by atoms with Gasteiger partial charge in [-0.2, -0.15) is 0 Å². The van der Waals surface area contributed by atoms with Gasteiger partial charge in [0.05, 0.1) is 12.8 Å². The third-order valence-corrected chi connectivity index (χ3v) is 3.75. The van der Waals surface area contributed by atoms with Gasteiger partial charge >= 0.3 is 0 Å². The van der Waals surface area contributed by atoms with Gasteiger partial charge in [-0.25, -0.2) is 4.98 Å². The van der Waals surface area contributed by atoms with Crippen LogP contribution in [0, 0.1) is 5.92 Å². The van der Waals surface area contributed by atoms with Crippen molar-refractivity contribution in [1.82, 2.24) is 10.3 Å². The maximum atomic E-state index is 5.12. The number of rotatable bonds is 6. The fraction of sp³-hybridized carbons (Fsp3) is 0.667. The number of hydrogen-bond donors (Lipinski definition) is 1. The third-order valence-electron chi connectivity index (χ3n) is 3.75. The highest BCUT2D eigenvalue weighted by Crippen LogP contribution is 2.25. The third kappa shape index (κ3) is 4.30. The van der Waals surface area contributed by atoms with Crippen LogP contribution in [0.4, 0.5) is 0 Å². The number of nitrogens with zero attached hydrogens (tertiary/aromatic N) is 1. The lowest BCUT2D eigenvalue weighted by Crippen LogP contribution is -2.19. The molecule has 1 aliphatic carbocycles. The van der Waals surface area contributed by atoms with E-state index in [9.17, 15) is 0 Å². The molecule has 1 fully saturated rings. The van der Waals surface area contributed by atoms with Crippen molar-refractivity contribution in [2.75, 3.05) is 13.7 Å². The summed E-state index contributed by atoms with van der Waals surface area (Å²) in [6, 6.07) is 5.91. The molecule has 3 heteroatoms. The van der Waals surface area contributed by atoms with Gasteiger partial charge in [0.1, 0.15) is 0 Å². The smallest absolute Gasteiger partial charge is 0.213 e. The molecule has 100 valence electrons. The van der Waals surface area contributed by atoms with Crippen molar-refractivity contribution in [3.63, 3.8) is 0 Å². The normalized spacial score (nSPS) is 16.7. The zero-order valence-electron chi connectivity index (χ0n) is 11.3. The van der Waals surface area contributed by atoms with Gasteiger partial charge in [0.25, 0.3) is 0 Å². The van der Waals surface area contributed by atoms with Crippen LogP contribution in [-0.4, -0.2) is 18.6 Å². The van der Waals surface area contributed by atoms with Gasteiger partial charge in [-0.15, -0.1) is 0 Å². The maximum absolute atomic E-state index is 5.12. The number of hydrogen-bond acceptors (Lipinski definition) is 3. The summed E-state index contributed by atoms with van der Waals surface area (Å²) in [5.41, 5.74) is 1.05. The van der Waals surface area contributed by atoms with Gasteiger partial charge in [0.15, 0.2) is 0 Å². The Labute approximate surface area is 110 Å². The number of pyridine rings is 1. The monoisotopic (exact) mass is 248 g/mol. The summed E-state index contributed by atoms with van der Waals surface area (Å²) in [5, 5.41) is 3.48. The molecule has 0 aliphatic heterocycles. The van der Waals surface area contributed by atoms with Gasteiger partial charge in [0, 0.05) is 12.6 Å². The van der Waals surface area contributed by atoms with Crippen molar-refractivity contribution in [3.8, 4) is 5.88 Å². The van der Waals surface area contributed by atoms with Crippen LogP contribution in [0.25, 0.3) is 0 Å². The van der Waals surface area contributed by atoms with Gasteiger partial charge < -0.3 is 10.1 Å². The summed E-state index contributed by atoms with van der Waals surface area (Å²) in [6.07, 6.45) is 8.48. The summed E-state index contributed by atoms with van der Waals surface area (Å²) in [7, 11) is 1.66. The molecule has 1 aliphatic rings. The van der Waals surface area contributed by atoms with Crippen molar-refractivity contribution in [2.24, 2.45) is 5.92 Å². The quantitative estimate of drug-likeness (QED) is 0.785. The van der Waals surface area contributed by atoms with Gasteiger partial charge in [-0.3, -0.25) is 0 Å². The van der Waals surface area contributed by atoms with E-state index in [-0.39, 0.29) is 0 Å². The molecule has 0 saturated heterocycles. The van der Waals surface area contributed by atoms with Crippen LogP contribution in [0.1, 0.15) is 44.2 Å². The first-order valence-corrected chi connectivity index (χ1v) is 7.09. The molecular weight excluding hydrogens is 224 g/mol. The van der Waals surface area contributed by atoms with Crippen molar-refractivity contribution in [2.45, 2.75) is 45.1 Å². The summed E-state index contributed by atoms with van der Waals surface area (Å²) >= 11 is 0. The lowest BCUT2D eigenvalue weighted by Gasteiger charge is -2.21. The van der Waals surface area contributed by atoms with E-state index in [4.69, 9.17) is 4.74 Å². The standard InChI is InChI=1S/C15H24N2O/c1-18-15-9-5-8-14(17-15)12-16-11-10-13-6-3-2-4-7-13/h5,8-9,13,16H,2-4,6-7,10-12H2,1H3. The largest absolute Gasteiger partial charge is 0.481 e. The summed E-state index contributed by atoms with van der Waals surface area (Å²) in [6.45, 7) is 1.94. The molecule has 1 saturated carbocycles. The van der Waals surface area contributed by atoms with Crippen LogP contribution in [0.5, 0.6) is 5.88 Å². The molecule has 0 bridgehead atoms. The first kappa shape index (κ1) is 13.3. The highest BCUT2D eigenvalue weighted by atomic mass is 16.5. The zero-order chi connectivity index (χ0) is 12.6. The van der Waals surface area contributed by atoms with E-state index in [0.29, 0.717) is 5.88 Å². The molecule has 0 atom stereocenters. The number of ether oxygens (including phenoxy) is 1. The summed E-state index contributed by atoms with van der Waals surface area (Å²) in [5.74, 6) is 1.64. The van der Waals surface area contributed by atoms with E-state index in [1.807, 2.05) is 18.2 Å². The second kappa shape index (κ2) is 7.37. The first-order chi connectivity index (χ1) is 8.88. The van der Waals surface area contributed by atoms with Gasteiger partial charge in [0.2, 0.25) is 5.88 Å². The second-order valence-electron chi connectivity index (χ2n) is 5.14. The van der Waals surface area contributed by atoms with E-state index in [1.165, 1.54) is 38.5 Å². The minimum Gasteiger partial charge on any atom is -0.481 e. The maximum Gasteiger partial charge on any atom is 0.213 e. The Bertz CT molecular complexity index is 348. The van der Waals surface area contributed by atoms with E-state index < -0.39 is 0 Å². The Morgan fingerprint density at radius 2 is 2.11 bits per heavy atom. The molecule has 0 unspecified atom stereocenters. The van der Waals surface area contributed by atoms with E-state index in [0.717, 1.165) is 24.7 Å². The molecule has 3 nitrogen and oxygen atoms in total. The molecule has 1 aromatic rings. The van der Waals surface area contributed by atoms with Crippen molar-refractivity contribution in [1.29, 1.82) is 0 Å². The average Bonchev–Trinajstić information content (AvgIpc) is 2.45. The molecule has 1 aromatic heterocycles. The van der Waals surface area contributed by atoms with Crippen LogP contribution in [0.15, 0.2) is 18.2 Å². The molecule has 2 rings (SSSR count). The van der Waals surface area contributed by atoms with Crippen LogP contribution in [0.3, 0.4) is 0 Å². The Balaban J connectivity index is 1.65. The van der Waals surface area contributed by atoms with Crippen molar-refractivity contribution >= 4 is 0 Å². The second-order valence-corrected chi connectivity index (χ2v) is 5.14. The number of nitrogens with one attached hydrogen (secondary N) is 1. The van der Waals surface area contributed by atoms with Gasteiger partial charge in [-0.05, 0) is 24.9 Å². The lowest BCUT2D eigenvalue weighted by atomic mass is 9.87. The Hall–Kier alpha value is -1.09. The van der Waals surface area contributed by atoms with E-state index in [1.54, 1.807) is 7.11 Å². The number of aromatic nitrogens is 1. The summed E-state index contributed by atoms with van der Waals surface area (Å²) < 4.78 is 5.12. The van der Waals surface area contributed by atoms with Crippen molar-refractivity contribution < 1.29 is 4.74 Å². The molecule has 1 N–H and O–H groups in total. The van der Waals surface area contributed by atoms with E-state index >= 15 is 0 Å². The van der Waals surface area contributed by atoms with Crippen LogP contribution >= 0.6 is 0 Å². The fourth-order valence-electron chi connectivity index (χ4n) is 2.67. The van der Waals surface area contributed by atoms with Crippen molar-refractivity contribution in [3.05, 3.63) is 23.9 Å². The lowest BCUT2D eigenvalue weighted by molar-refractivity contribution is 0.333. The van der Waals surface area contributed by atoms with Gasteiger partial charge in [-0.1, -0.05) is 38.2 Å². The Morgan fingerprint density at radius 3 is 2.89 bits per heavy atom. The predicted octanol–water partition coefficient (Wildman–Crippen LogP) is 3.15. The molecule has 0 radical (unpaired) electrons. The van der Waals surface area contributed by atoms with Crippen LogP contribution in [-0.2, 0) is 6.54 Å². The molecular formula is C15H24N2O. The topological polar surface area (TPSA) is 34.1 Å². The zero-order valence-corrected chi connectivity index (χ0v) is 11.3. The Morgan fingerprint density at radius 1 is 1.28 bits per heavy atom. The predicted molar refractivity (Wildman–Crippen MR) is 73.7 cm³/mol. The van der Waals surface area contributed by atoms with Crippen LogP contribution < -0.4 is 10.1 Å². The van der Waals surface area contributed by atoms with E-state index in [2.05, 4.69) is 10.3 Å². The molecule has 0 spiro atoms. The minimum atomic E-state index is 0.696. The van der Waals surface area contributed by atoms with Crippen LogP contribution in [0.2, 0.25) is 0 Å². The first-order valence-electron chi connectivity index (χ1n) is 7.09. The minimum absolute atomic E-state index is 0.696. The molecule has 18 heavy (non-hydrogen) atoms. The molecule has 0 aromatic carbocycles. The Kier molecular flexibility index (Phi) is 5.46. The number of methoxy groups -OCH3 is 1. The molecule has 1 heterocycles. The average molecular weight is 248 g/mol. The SMILES string of the molecule is COc1cccc(CNCCC2CCCCC2)n1. The highest BCUT2D eigenvalue weighted by molar-refractivity contribution is 5.15. The fourth-order valence-corrected chi connectivity index (χ4v) is 2.67. The molecule has 0 amide bonds.